The van der Waals surface area contributed by atoms with Crippen LogP contribution in [0, 0.1) is 0 Å². The van der Waals surface area contributed by atoms with E-state index in [1.54, 1.807) is 12.5 Å². The summed E-state index contributed by atoms with van der Waals surface area (Å²) in [5.41, 5.74) is 1.06. The summed E-state index contributed by atoms with van der Waals surface area (Å²) in [4.78, 5) is 8.50. The van der Waals surface area contributed by atoms with Gasteiger partial charge in [0, 0.05) is 25.5 Å². The molecule has 3 rings (SSSR count). The lowest BCUT2D eigenvalue weighted by molar-refractivity contribution is 0.963. The third-order valence-corrected chi connectivity index (χ3v) is 2.38. The molecule has 76 valence electrons. The Balaban J connectivity index is 2.04. The molecule has 0 bridgehead atoms. The van der Waals surface area contributed by atoms with Crippen molar-refractivity contribution in [1.29, 1.82) is 0 Å². The Kier molecular flexibility index (Phi) is 1.81. The van der Waals surface area contributed by atoms with Gasteiger partial charge in [-0.1, -0.05) is 0 Å². The summed E-state index contributed by atoms with van der Waals surface area (Å²) in [6, 6.07) is 4.00. The van der Waals surface area contributed by atoms with Gasteiger partial charge in [0.15, 0.2) is 5.82 Å². The van der Waals surface area contributed by atoms with Crippen molar-refractivity contribution >= 4 is 11.5 Å². The van der Waals surface area contributed by atoms with Crippen molar-refractivity contribution < 1.29 is 0 Å². The number of nitrogens with zero attached hydrogens (tertiary/aromatic N) is 3. The van der Waals surface area contributed by atoms with E-state index in [2.05, 4.69) is 20.6 Å². The molecule has 5 nitrogen and oxygen atoms in total. The number of rotatable bonds is 1. The van der Waals surface area contributed by atoms with Crippen molar-refractivity contribution in [3.63, 3.8) is 0 Å². The van der Waals surface area contributed by atoms with Crippen LogP contribution in [0.5, 0.6) is 0 Å². The lowest BCUT2D eigenvalue weighted by Crippen LogP contribution is -2.21. The predicted molar refractivity (Wildman–Crippen MR) is 58.3 cm³/mol. The highest BCUT2D eigenvalue weighted by Crippen LogP contribution is 2.22. The maximum atomic E-state index is 4.51. The second-order valence-electron chi connectivity index (χ2n) is 3.39. The number of pyridine rings is 1. The van der Waals surface area contributed by atoms with Gasteiger partial charge in [0.1, 0.15) is 12.1 Å². The number of hydrogen-bond acceptors (Lipinski definition) is 4. The van der Waals surface area contributed by atoms with Crippen LogP contribution in [0.15, 0.2) is 30.9 Å². The molecule has 2 aromatic rings. The first-order chi connectivity index (χ1) is 7.43. The molecule has 0 atom stereocenters. The fraction of sp³-hybridized carbons (Fsp3) is 0.200. The Bertz CT molecular complexity index is 463. The molecule has 1 aliphatic heterocycles. The predicted octanol–water partition coefficient (Wildman–Crippen LogP) is 1.10. The second kappa shape index (κ2) is 3.27. The minimum Gasteiger partial charge on any atom is -0.380 e. The number of imidazole rings is 1. The van der Waals surface area contributed by atoms with Gasteiger partial charge in [-0.15, -0.1) is 0 Å². The number of aromatic nitrogens is 3. The SMILES string of the molecule is c1cn(-c2ccc3c(n2)NCCN3)cn1. The first-order valence-electron chi connectivity index (χ1n) is 4.90. The van der Waals surface area contributed by atoms with E-state index in [-0.39, 0.29) is 0 Å². The third-order valence-electron chi connectivity index (χ3n) is 2.38. The Morgan fingerprint density at radius 2 is 2.13 bits per heavy atom. The molecule has 0 saturated carbocycles. The summed E-state index contributed by atoms with van der Waals surface area (Å²) < 4.78 is 1.89. The molecule has 0 saturated heterocycles. The van der Waals surface area contributed by atoms with Gasteiger partial charge in [-0.2, -0.15) is 0 Å². The highest BCUT2D eigenvalue weighted by atomic mass is 15.2. The molecular formula is C10H11N5. The fourth-order valence-electron chi connectivity index (χ4n) is 1.64. The van der Waals surface area contributed by atoms with Crippen LogP contribution in [0.3, 0.4) is 0 Å². The Hall–Kier alpha value is -2.04. The van der Waals surface area contributed by atoms with E-state index >= 15 is 0 Å². The van der Waals surface area contributed by atoms with Gasteiger partial charge in [-0.25, -0.2) is 9.97 Å². The van der Waals surface area contributed by atoms with Crippen LogP contribution in [0.2, 0.25) is 0 Å². The molecule has 0 unspecified atom stereocenters. The van der Waals surface area contributed by atoms with Gasteiger partial charge in [-0.3, -0.25) is 4.57 Å². The molecule has 2 N–H and O–H groups in total. The fourth-order valence-corrected chi connectivity index (χ4v) is 1.64. The maximum absolute atomic E-state index is 4.51. The molecular weight excluding hydrogens is 190 g/mol. The summed E-state index contributed by atoms with van der Waals surface area (Å²) in [5.74, 6) is 1.79. The first kappa shape index (κ1) is 8.28. The third kappa shape index (κ3) is 1.41. The van der Waals surface area contributed by atoms with E-state index in [4.69, 9.17) is 0 Å². The van der Waals surface area contributed by atoms with Gasteiger partial charge < -0.3 is 10.6 Å². The minimum atomic E-state index is 0.877. The van der Waals surface area contributed by atoms with Crippen molar-refractivity contribution in [2.75, 3.05) is 23.7 Å². The molecule has 0 fully saturated rings. The molecule has 0 radical (unpaired) electrons. The topological polar surface area (TPSA) is 54.8 Å². The molecule has 15 heavy (non-hydrogen) atoms. The summed E-state index contributed by atoms with van der Waals surface area (Å²) in [6.07, 6.45) is 5.36. The normalized spacial score (nSPS) is 13.9. The molecule has 5 heteroatoms. The Labute approximate surface area is 87.2 Å². The summed E-state index contributed by atoms with van der Waals surface area (Å²) >= 11 is 0. The van der Waals surface area contributed by atoms with Crippen molar-refractivity contribution in [3.05, 3.63) is 30.9 Å². The number of fused-ring (bicyclic) bond motifs is 1. The van der Waals surface area contributed by atoms with E-state index in [1.807, 2.05) is 22.9 Å². The van der Waals surface area contributed by atoms with Crippen LogP contribution in [0.1, 0.15) is 0 Å². The average Bonchev–Trinajstić information content (AvgIpc) is 2.82. The summed E-state index contributed by atoms with van der Waals surface area (Å²) in [5, 5.41) is 6.54. The Morgan fingerprint density at radius 3 is 3.00 bits per heavy atom. The summed E-state index contributed by atoms with van der Waals surface area (Å²) in [6.45, 7) is 1.85. The highest BCUT2D eigenvalue weighted by Gasteiger charge is 2.09. The molecule has 0 spiro atoms. The van der Waals surface area contributed by atoms with E-state index in [0.717, 1.165) is 30.4 Å². The van der Waals surface area contributed by atoms with Gasteiger partial charge in [0.25, 0.3) is 0 Å². The van der Waals surface area contributed by atoms with Crippen molar-refractivity contribution in [2.24, 2.45) is 0 Å². The monoisotopic (exact) mass is 201 g/mol. The number of hydrogen-bond donors (Lipinski definition) is 2. The van der Waals surface area contributed by atoms with Crippen molar-refractivity contribution in [1.82, 2.24) is 14.5 Å². The van der Waals surface area contributed by atoms with Gasteiger partial charge in [0.05, 0.1) is 5.69 Å². The van der Waals surface area contributed by atoms with E-state index in [9.17, 15) is 0 Å². The smallest absolute Gasteiger partial charge is 0.151 e. The zero-order valence-electron chi connectivity index (χ0n) is 8.14. The molecule has 0 aromatic carbocycles. The minimum absolute atomic E-state index is 0.877. The maximum Gasteiger partial charge on any atom is 0.151 e. The van der Waals surface area contributed by atoms with Crippen LogP contribution < -0.4 is 10.6 Å². The molecule has 0 aliphatic carbocycles. The quantitative estimate of drug-likeness (QED) is 0.725. The standard InChI is InChI=1S/C10H11N5/c1-2-9(15-6-5-11-7-15)14-10-8(1)12-3-4-13-10/h1-2,5-7,12H,3-4H2,(H,13,14). The van der Waals surface area contributed by atoms with E-state index < -0.39 is 0 Å². The van der Waals surface area contributed by atoms with Crippen molar-refractivity contribution in [2.45, 2.75) is 0 Å². The van der Waals surface area contributed by atoms with Crippen LogP contribution in [0.4, 0.5) is 11.5 Å². The molecule has 0 amide bonds. The number of anilines is 2. The van der Waals surface area contributed by atoms with Crippen molar-refractivity contribution in [3.8, 4) is 5.82 Å². The summed E-state index contributed by atoms with van der Waals surface area (Å²) in [7, 11) is 0. The molecule has 2 aromatic heterocycles. The van der Waals surface area contributed by atoms with Gasteiger partial charge >= 0.3 is 0 Å². The zero-order chi connectivity index (χ0) is 10.1. The average molecular weight is 201 g/mol. The highest BCUT2D eigenvalue weighted by molar-refractivity contribution is 5.67. The zero-order valence-corrected chi connectivity index (χ0v) is 8.14. The first-order valence-corrected chi connectivity index (χ1v) is 4.90. The van der Waals surface area contributed by atoms with Crippen LogP contribution in [-0.4, -0.2) is 27.6 Å². The molecule has 3 heterocycles. The van der Waals surface area contributed by atoms with Crippen LogP contribution in [0.25, 0.3) is 5.82 Å². The van der Waals surface area contributed by atoms with Crippen LogP contribution in [-0.2, 0) is 0 Å². The van der Waals surface area contributed by atoms with Gasteiger partial charge in [0.2, 0.25) is 0 Å². The van der Waals surface area contributed by atoms with E-state index in [0.29, 0.717) is 0 Å². The second-order valence-corrected chi connectivity index (χ2v) is 3.39. The van der Waals surface area contributed by atoms with Gasteiger partial charge in [-0.05, 0) is 12.1 Å². The Morgan fingerprint density at radius 1 is 1.20 bits per heavy atom. The lowest BCUT2D eigenvalue weighted by atomic mass is 10.3. The van der Waals surface area contributed by atoms with E-state index in [1.165, 1.54) is 0 Å². The van der Waals surface area contributed by atoms with Crippen LogP contribution >= 0.6 is 0 Å². The molecule has 1 aliphatic rings. The number of nitrogens with one attached hydrogen (secondary N) is 2. The largest absolute Gasteiger partial charge is 0.380 e. The lowest BCUT2D eigenvalue weighted by Gasteiger charge is -2.19.